The van der Waals surface area contributed by atoms with Gasteiger partial charge >= 0.3 is 11.9 Å². The van der Waals surface area contributed by atoms with Crippen molar-refractivity contribution in [1.29, 1.82) is 0 Å². The Hall–Kier alpha value is -3.24. The fourth-order valence-corrected chi connectivity index (χ4v) is 3.97. The van der Waals surface area contributed by atoms with Crippen molar-refractivity contribution < 1.29 is 13.2 Å². The minimum absolute atomic E-state index is 0.268. The van der Waals surface area contributed by atoms with E-state index in [4.69, 9.17) is 0 Å². The lowest BCUT2D eigenvalue weighted by Gasteiger charge is -2.23. The van der Waals surface area contributed by atoms with Gasteiger partial charge in [0.1, 0.15) is 0 Å². The highest BCUT2D eigenvalue weighted by atomic mass is 19.4. The van der Waals surface area contributed by atoms with Crippen LogP contribution in [-0.2, 0) is 26.8 Å². The zero-order valence-corrected chi connectivity index (χ0v) is 17.2. The van der Waals surface area contributed by atoms with E-state index in [-0.39, 0.29) is 17.7 Å². The Bertz CT molecular complexity index is 1230. The molecule has 0 aliphatic carbocycles. The van der Waals surface area contributed by atoms with Gasteiger partial charge in [0.05, 0.1) is 23.3 Å². The van der Waals surface area contributed by atoms with Crippen LogP contribution in [0.2, 0.25) is 0 Å². The molecule has 3 heterocycles. The molecule has 1 fully saturated rings. The van der Waals surface area contributed by atoms with Crippen LogP contribution in [0.5, 0.6) is 0 Å². The fraction of sp³-hybridized carbons (Fsp3) is 0.450. The molecule has 0 amide bonds. The Morgan fingerprint density at radius 1 is 1.10 bits per heavy atom. The van der Waals surface area contributed by atoms with Crippen LogP contribution in [-0.4, -0.2) is 38.3 Å². The van der Waals surface area contributed by atoms with Crippen molar-refractivity contribution in [3.8, 4) is 0 Å². The predicted octanol–water partition coefficient (Wildman–Crippen LogP) is 2.16. The molecular formula is C20H23F3N6O2. The molecule has 2 aromatic heterocycles. The Morgan fingerprint density at radius 3 is 2.48 bits per heavy atom. The number of nitrogens with zero attached hydrogens (tertiary/aromatic N) is 5. The van der Waals surface area contributed by atoms with E-state index in [1.165, 1.54) is 31.1 Å². The maximum atomic E-state index is 13.2. The number of fused-ring (bicyclic) bond motifs is 1. The molecule has 11 heteroatoms. The SMILES string of the molecule is Cn1c(=O)c2c(ncn2CCNc2cc(C(F)(F)F)ccc2N2CCCC2)n(C)c1=O. The molecule has 1 saturated heterocycles. The summed E-state index contributed by atoms with van der Waals surface area (Å²) < 4.78 is 43.6. The minimum Gasteiger partial charge on any atom is -0.382 e. The van der Waals surface area contributed by atoms with Crippen LogP contribution >= 0.6 is 0 Å². The third-order valence-corrected chi connectivity index (χ3v) is 5.66. The van der Waals surface area contributed by atoms with Crippen LogP contribution in [0, 0.1) is 0 Å². The second-order valence-electron chi connectivity index (χ2n) is 7.67. The smallest absolute Gasteiger partial charge is 0.382 e. The van der Waals surface area contributed by atoms with Gasteiger partial charge in [0.25, 0.3) is 5.56 Å². The lowest BCUT2D eigenvalue weighted by Crippen LogP contribution is -2.37. The summed E-state index contributed by atoms with van der Waals surface area (Å²) in [6.07, 6.45) is -0.967. The first kappa shape index (κ1) is 21.0. The number of nitrogens with one attached hydrogen (secondary N) is 1. The number of halogens is 3. The van der Waals surface area contributed by atoms with E-state index in [1.807, 2.05) is 0 Å². The average Bonchev–Trinajstić information content (AvgIpc) is 3.40. The van der Waals surface area contributed by atoms with Crippen LogP contribution in [0.25, 0.3) is 11.2 Å². The van der Waals surface area contributed by atoms with Crippen molar-refractivity contribution in [3.05, 3.63) is 50.9 Å². The third kappa shape index (κ3) is 3.79. The topological polar surface area (TPSA) is 77.1 Å². The predicted molar refractivity (Wildman–Crippen MR) is 112 cm³/mol. The first-order valence-electron chi connectivity index (χ1n) is 9.99. The van der Waals surface area contributed by atoms with Crippen LogP contribution in [0.3, 0.4) is 0 Å². The Balaban J connectivity index is 1.61. The summed E-state index contributed by atoms with van der Waals surface area (Å²) >= 11 is 0. The van der Waals surface area contributed by atoms with Crippen LogP contribution in [0.15, 0.2) is 34.1 Å². The largest absolute Gasteiger partial charge is 0.416 e. The van der Waals surface area contributed by atoms with Crippen molar-refractivity contribution in [1.82, 2.24) is 18.7 Å². The van der Waals surface area contributed by atoms with E-state index in [0.29, 0.717) is 12.2 Å². The second-order valence-corrected chi connectivity index (χ2v) is 7.67. The normalized spacial score (nSPS) is 14.5. The molecule has 1 N–H and O–H groups in total. The summed E-state index contributed by atoms with van der Waals surface area (Å²) in [6.45, 7) is 2.17. The molecule has 8 nitrogen and oxygen atoms in total. The van der Waals surface area contributed by atoms with Gasteiger partial charge in [0.2, 0.25) is 0 Å². The lowest BCUT2D eigenvalue weighted by molar-refractivity contribution is -0.137. The van der Waals surface area contributed by atoms with Gasteiger partial charge in [-0.2, -0.15) is 13.2 Å². The standard InChI is InChI=1S/C20H23F3N6O2/c1-26-17-16(18(30)27(2)19(26)31)29(12-25-17)10-7-24-14-11-13(20(21,22)23)5-6-15(14)28-8-3-4-9-28/h5-6,11-12,24H,3-4,7-10H2,1-2H3. The third-order valence-electron chi connectivity index (χ3n) is 5.66. The van der Waals surface area contributed by atoms with Crippen LogP contribution in [0.4, 0.5) is 24.5 Å². The quantitative estimate of drug-likeness (QED) is 0.664. The number of rotatable bonds is 5. The molecule has 0 atom stereocenters. The number of anilines is 2. The van der Waals surface area contributed by atoms with Gasteiger partial charge in [-0.3, -0.25) is 13.9 Å². The number of hydrogen-bond acceptors (Lipinski definition) is 5. The van der Waals surface area contributed by atoms with E-state index in [0.717, 1.165) is 48.3 Å². The summed E-state index contributed by atoms with van der Waals surface area (Å²) in [5.74, 6) is 0. The van der Waals surface area contributed by atoms with Gasteiger partial charge in [0.15, 0.2) is 11.2 Å². The van der Waals surface area contributed by atoms with Gasteiger partial charge in [-0.1, -0.05) is 0 Å². The highest BCUT2D eigenvalue weighted by Crippen LogP contribution is 2.36. The summed E-state index contributed by atoms with van der Waals surface area (Å²) in [7, 11) is 2.93. The van der Waals surface area contributed by atoms with E-state index in [2.05, 4.69) is 15.2 Å². The molecule has 1 aliphatic heterocycles. The second kappa shape index (κ2) is 7.78. The van der Waals surface area contributed by atoms with Crippen molar-refractivity contribution in [2.75, 3.05) is 29.9 Å². The number of benzene rings is 1. The number of aromatic nitrogens is 4. The number of imidazole rings is 1. The first-order valence-corrected chi connectivity index (χ1v) is 9.99. The zero-order valence-electron chi connectivity index (χ0n) is 17.2. The van der Waals surface area contributed by atoms with Gasteiger partial charge in [-0.15, -0.1) is 0 Å². The molecule has 3 aromatic rings. The summed E-state index contributed by atoms with van der Waals surface area (Å²) in [5.41, 5.74) is 0.0308. The van der Waals surface area contributed by atoms with Gasteiger partial charge in [0, 0.05) is 40.3 Å². The average molecular weight is 436 g/mol. The molecule has 1 aromatic carbocycles. The van der Waals surface area contributed by atoms with Crippen molar-refractivity contribution in [2.24, 2.45) is 14.1 Å². The van der Waals surface area contributed by atoms with Crippen molar-refractivity contribution >= 4 is 22.5 Å². The van der Waals surface area contributed by atoms with E-state index < -0.39 is 23.0 Å². The maximum Gasteiger partial charge on any atom is 0.416 e. The monoisotopic (exact) mass is 436 g/mol. The molecule has 0 saturated carbocycles. The Labute approximate surface area is 175 Å². The molecule has 166 valence electrons. The molecule has 31 heavy (non-hydrogen) atoms. The molecule has 1 aliphatic rings. The molecule has 0 spiro atoms. The number of aryl methyl sites for hydroxylation is 1. The molecule has 4 rings (SSSR count). The number of hydrogen-bond donors (Lipinski definition) is 1. The minimum atomic E-state index is -4.43. The fourth-order valence-electron chi connectivity index (χ4n) is 3.97. The van der Waals surface area contributed by atoms with Crippen LogP contribution in [0.1, 0.15) is 18.4 Å². The summed E-state index contributed by atoms with van der Waals surface area (Å²) in [6, 6.07) is 3.74. The van der Waals surface area contributed by atoms with Crippen molar-refractivity contribution in [2.45, 2.75) is 25.6 Å². The van der Waals surface area contributed by atoms with E-state index >= 15 is 0 Å². The van der Waals surface area contributed by atoms with Gasteiger partial charge < -0.3 is 14.8 Å². The molecule has 0 radical (unpaired) electrons. The Morgan fingerprint density at radius 2 is 1.81 bits per heavy atom. The zero-order chi connectivity index (χ0) is 22.3. The highest BCUT2D eigenvalue weighted by molar-refractivity contribution is 5.72. The lowest BCUT2D eigenvalue weighted by atomic mass is 10.1. The van der Waals surface area contributed by atoms with Crippen molar-refractivity contribution in [3.63, 3.8) is 0 Å². The molecular weight excluding hydrogens is 413 g/mol. The summed E-state index contributed by atoms with van der Waals surface area (Å²) in [5, 5.41) is 3.10. The summed E-state index contributed by atoms with van der Waals surface area (Å²) in [4.78, 5) is 30.8. The van der Waals surface area contributed by atoms with E-state index in [9.17, 15) is 22.8 Å². The van der Waals surface area contributed by atoms with Gasteiger partial charge in [-0.05, 0) is 31.0 Å². The highest BCUT2D eigenvalue weighted by Gasteiger charge is 2.31. The Kier molecular flexibility index (Phi) is 5.28. The van der Waals surface area contributed by atoms with E-state index in [1.54, 1.807) is 4.57 Å². The molecule has 0 bridgehead atoms. The number of alkyl halides is 3. The first-order chi connectivity index (χ1) is 14.7. The van der Waals surface area contributed by atoms with Crippen LogP contribution < -0.4 is 21.5 Å². The maximum absolute atomic E-state index is 13.2. The van der Waals surface area contributed by atoms with Gasteiger partial charge in [-0.25, -0.2) is 9.78 Å². The molecule has 0 unspecified atom stereocenters.